The van der Waals surface area contributed by atoms with E-state index in [1.54, 1.807) is 30.5 Å². The Kier molecular flexibility index (Phi) is 6.48. The topological polar surface area (TPSA) is 77.4 Å². The van der Waals surface area contributed by atoms with Crippen LogP contribution in [0, 0.1) is 5.82 Å². The molecule has 0 fully saturated rings. The van der Waals surface area contributed by atoms with Crippen molar-refractivity contribution in [1.29, 1.82) is 0 Å². The molecule has 0 unspecified atom stereocenters. The zero-order valence-electron chi connectivity index (χ0n) is 16.0. The summed E-state index contributed by atoms with van der Waals surface area (Å²) < 4.78 is 20.4. The molecule has 1 aromatic carbocycles. The molecule has 7 nitrogen and oxygen atoms in total. The third kappa shape index (κ3) is 4.79. The van der Waals surface area contributed by atoms with E-state index >= 15 is 0 Å². The van der Waals surface area contributed by atoms with Crippen molar-refractivity contribution in [3.05, 3.63) is 60.1 Å². The van der Waals surface area contributed by atoms with Gasteiger partial charge in [0.1, 0.15) is 17.6 Å². The van der Waals surface area contributed by atoms with E-state index < -0.39 is 0 Å². The van der Waals surface area contributed by atoms with Gasteiger partial charge in [-0.3, -0.25) is 9.36 Å². The van der Waals surface area contributed by atoms with Crippen LogP contribution >= 0.6 is 11.8 Å². The van der Waals surface area contributed by atoms with Crippen LogP contribution in [0.5, 0.6) is 0 Å². The number of thioether (sulfide) groups is 1. The van der Waals surface area contributed by atoms with Crippen molar-refractivity contribution in [3.63, 3.8) is 0 Å². The summed E-state index contributed by atoms with van der Waals surface area (Å²) in [4.78, 5) is 13.4. The fourth-order valence-corrected chi connectivity index (χ4v) is 3.32. The Bertz CT molecular complexity index is 909. The molecule has 0 aliphatic rings. The van der Waals surface area contributed by atoms with Crippen LogP contribution in [0.15, 0.2) is 52.2 Å². The van der Waals surface area contributed by atoms with Crippen LogP contribution in [0.25, 0.3) is 5.69 Å². The predicted molar refractivity (Wildman–Crippen MR) is 104 cm³/mol. The molecule has 3 aromatic rings. The number of carbonyl (C=O) groups is 1. The Morgan fingerprint density at radius 3 is 2.68 bits per heavy atom. The van der Waals surface area contributed by atoms with Crippen LogP contribution in [0.2, 0.25) is 0 Å². The van der Waals surface area contributed by atoms with E-state index in [1.165, 1.54) is 28.8 Å². The summed E-state index contributed by atoms with van der Waals surface area (Å²) in [6.45, 7) is 2.38. The number of carbonyl (C=O) groups excluding carboxylic acids is 1. The maximum atomic E-state index is 13.4. The lowest BCUT2D eigenvalue weighted by Crippen LogP contribution is -3.05. The maximum Gasteiger partial charge on any atom is 0.230 e. The standard InChI is InChI=1S/C19H22FN5O2S/c1-13(24(2)3)18-22-23-19(25(18)15-8-6-14(20)7-9-15)28-12-17(26)21-11-16-5-4-10-27-16/h4-10,13H,11-12H2,1-3H3,(H,21,26)/p+1/t13-/m1/s1. The smallest absolute Gasteiger partial charge is 0.230 e. The Balaban J connectivity index is 1.76. The molecule has 2 heterocycles. The van der Waals surface area contributed by atoms with Crippen molar-refractivity contribution in [1.82, 2.24) is 20.1 Å². The van der Waals surface area contributed by atoms with Crippen molar-refractivity contribution < 1.29 is 18.5 Å². The molecule has 28 heavy (non-hydrogen) atoms. The van der Waals surface area contributed by atoms with Gasteiger partial charge >= 0.3 is 0 Å². The fraction of sp³-hybridized carbons (Fsp3) is 0.316. The summed E-state index contributed by atoms with van der Waals surface area (Å²) in [5.74, 6) is 1.19. The maximum absolute atomic E-state index is 13.4. The number of hydrogen-bond donors (Lipinski definition) is 2. The van der Waals surface area contributed by atoms with E-state index in [9.17, 15) is 9.18 Å². The lowest BCUT2D eigenvalue weighted by Gasteiger charge is -2.18. The van der Waals surface area contributed by atoms with Gasteiger partial charge in [0.25, 0.3) is 0 Å². The second kappa shape index (κ2) is 9.03. The minimum Gasteiger partial charge on any atom is -0.467 e. The monoisotopic (exact) mass is 404 g/mol. The number of quaternary nitrogens is 1. The molecule has 0 radical (unpaired) electrons. The first-order valence-electron chi connectivity index (χ1n) is 8.89. The third-order valence-electron chi connectivity index (χ3n) is 4.37. The number of aromatic nitrogens is 3. The van der Waals surface area contributed by atoms with Crippen molar-refractivity contribution in [2.75, 3.05) is 19.8 Å². The molecule has 0 saturated carbocycles. The normalized spacial score (nSPS) is 12.3. The van der Waals surface area contributed by atoms with Gasteiger partial charge in [0.05, 0.1) is 32.7 Å². The van der Waals surface area contributed by atoms with E-state index in [4.69, 9.17) is 4.42 Å². The molecule has 0 bridgehead atoms. The van der Waals surface area contributed by atoms with Crippen LogP contribution < -0.4 is 10.2 Å². The Morgan fingerprint density at radius 2 is 2.04 bits per heavy atom. The zero-order chi connectivity index (χ0) is 20.1. The van der Waals surface area contributed by atoms with Gasteiger partial charge in [0.15, 0.2) is 11.0 Å². The van der Waals surface area contributed by atoms with E-state index in [1.807, 2.05) is 25.6 Å². The Hall–Kier alpha value is -2.65. The van der Waals surface area contributed by atoms with E-state index in [2.05, 4.69) is 15.5 Å². The highest BCUT2D eigenvalue weighted by atomic mass is 32.2. The molecule has 2 N–H and O–H groups in total. The van der Waals surface area contributed by atoms with E-state index in [-0.39, 0.29) is 23.5 Å². The second-order valence-corrected chi connectivity index (χ2v) is 7.54. The van der Waals surface area contributed by atoms with Crippen molar-refractivity contribution in [2.45, 2.75) is 24.7 Å². The second-order valence-electron chi connectivity index (χ2n) is 6.60. The Labute approximate surface area is 166 Å². The number of nitrogens with one attached hydrogen (secondary N) is 2. The summed E-state index contributed by atoms with van der Waals surface area (Å²) in [6.07, 6.45) is 1.57. The molecule has 0 spiro atoms. The highest BCUT2D eigenvalue weighted by Crippen LogP contribution is 2.24. The molecule has 9 heteroatoms. The Morgan fingerprint density at radius 1 is 1.29 bits per heavy atom. The molecule has 0 aliphatic heterocycles. The molecular formula is C19H23FN5O2S+. The summed E-state index contributed by atoms with van der Waals surface area (Å²) in [5.41, 5.74) is 0.757. The van der Waals surface area contributed by atoms with Crippen molar-refractivity contribution >= 4 is 17.7 Å². The molecule has 1 atom stereocenters. The number of furan rings is 1. The minimum atomic E-state index is -0.309. The minimum absolute atomic E-state index is 0.0692. The van der Waals surface area contributed by atoms with Gasteiger partial charge in [-0.1, -0.05) is 11.8 Å². The van der Waals surface area contributed by atoms with Crippen LogP contribution in [-0.4, -0.2) is 40.5 Å². The number of amides is 1. The number of hydrogen-bond acceptors (Lipinski definition) is 5. The van der Waals surface area contributed by atoms with Crippen molar-refractivity contribution in [3.8, 4) is 5.69 Å². The molecule has 148 valence electrons. The largest absolute Gasteiger partial charge is 0.467 e. The molecule has 1 amide bonds. The summed E-state index contributed by atoms with van der Waals surface area (Å²) in [5, 5.41) is 12.0. The number of halogens is 1. The SMILES string of the molecule is C[C@H](c1nnc(SCC(=O)NCc2ccco2)n1-c1ccc(F)cc1)[NH+](C)C. The van der Waals surface area contributed by atoms with Crippen LogP contribution in [0.3, 0.4) is 0 Å². The molecule has 0 aliphatic carbocycles. The van der Waals surface area contributed by atoms with Gasteiger partial charge in [-0.05, 0) is 43.3 Å². The average Bonchev–Trinajstić information content (AvgIpc) is 3.34. The average molecular weight is 404 g/mol. The van der Waals surface area contributed by atoms with Crippen LogP contribution in [0.4, 0.5) is 4.39 Å². The first-order chi connectivity index (χ1) is 13.5. The van der Waals surface area contributed by atoms with Crippen LogP contribution in [-0.2, 0) is 11.3 Å². The van der Waals surface area contributed by atoms with Gasteiger partial charge in [-0.25, -0.2) is 4.39 Å². The number of benzene rings is 1. The van der Waals surface area contributed by atoms with E-state index in [0.717, 1.165) is 11.5 Å². The van der Waals surface area contributed by atoms with Gasteiger partial charge in [-0.15, -0.1) is 10.2 Å². The van der Waals surface area contributed by atoms with Gasteiger partial charge in [0, 0.05) is 5.69 Å². The first-order valence-corrected chi connectivity index (χ1v) is 9.87. The summed E-state index contributed by atoms with van der Waals surface area (Å²) >= 11 is 1.29. The molecule has 0 saturated heterocycles. The highest BCUT2D eigenvalue weighted by Gasteiger charge is 2.23. The lowest BCUT2D eigenvalue weighted by molar-refractivity contribution is -0.890. The number of rotatable bonds is 8. The summed E-state index contributed by atoms with van der Waals surface area (Å²) in [7, 11) is 4.06. The zero-order valence-corrected chi connectivity index (χ0v) is 16.8. The number of nitrogens with zero attached hydrogens (tertiary/aromatic N) is 3. The van der Waals surface area contributed by atoms with Crippen LogP contribution in [0.1, 0.15) is 24.6 Å². The van der Waals surface area contributed by atoms with E-state index in [0.29, 0.717) is 17.5 Å². The lowest BCUT2D eigenvalue weighted by atomic mass is 10.2. The quantitative estimate of drug-likeness (QED) is 0.558. The summed E-state index contributed by atoms with van der Waals surface area (Å²) in [6, 6.07) is 9.81. The van der Waals surface area contributed by atoms with Gasteiger partial charge in [-0.2, -0.15) is 0 Å². The first kappa shape index (κ1) is 20.1. The molecule has 3 rings (SSSR count). The molecule has 2 aromatic heterocycles. The molecular weight excluding hydrogens is 381 g/mol. The van der Waals surface area contributed by atoms with Gasteiger partial charge < -0.3 is 14.6 Å². The van der Waals surface area contributed by atoms with Crippen molar-refractivity contribution in [2.24, 2.45) is 0 Å². The third-order valence-corrected chi connectivity index (χ3v) is 5.30. The highest BCUT2D eigenvalue weighted by molar-refractivity contribution is 7.99. The van der Waals surface area contributed by atoms with Gasteiger partial charge in [0.2, 0.25) is 5.91 Å². The predicted octanol–water partition coefficient (Wildman–Crippen LogP) is 1.61. The fourth-order valence-electron chi connectivity index (χ4n) is 2.53.